The smallest absolute Gasteiger partial charge is 0.428 e. The summed E-state index contributed by atoms with van der Waals surface area (Å²) in [6, 6.07) is 14.8. The normalized spacial score (nSPS) is 12.1. The van der Waals surface area contributed by atoms with Crippen molar-refractivity contribution in [3.8, 4) is 11.5 Å². The number of ether oxygens (including phenoxy) is 4. The summed E-state index contributed by atoms with van der Waals surface area (Å²) in [5.41, 5.74) is 0.623. The van der Waals surface area contributed by atoms with Crippen LogP contribution in [0.25, 0.3) is 0 Å². The number of carbonyl (C=O) groups excluding carboxylic acids is 2. The van der Waals surface area contributed by atoms with Gasteiger partial charge in [-0.15, -0.1) is 0 Å². The quantitative estimate of drug-likeness (QED) is 0.366. The third kappa shape index (κ3) is 7.29. The second-order valence-corrected chi connectivity index (χ2v) is 9.87. The molecule has 0 spiro atoms. The van der Waals surface area contributed by atoms with E-state index >= 15 is 0 Å². The van der Waals surface area contributed by atoms with Crippen molar-refractivity contribution in [3.05, 3.63) is 59.7 Å². The number of hydrogen-bond donors (Lipinski definition) is 0. The first-order valence-corrected chi connectivity index (χ1v) is 10.7. The van der Waals surface area contributed by atoms with Gasteiger partial charge in [-0.3, -0.25) is 0 Å². The van der Waals surface area contributed by atoms with E-state index in [1.807, 2.05) is 24.3 Å². The molecule has 2 aromatic carbocycles. The van der Waals surface area contributed by atoms with E-state index in [-0.39, 0.29) is 5.41 Å². The van der Waals surface area contributed by atoms with Crippen LogP contribution in [0, 0.1) is 0 Å². The van der Waals surface area contributed by atoms with Crippen molar-refractivity contribution >= 4 is 12.3 Å². The Bertz CT molecular complexity index is 841. The van der Waals surface area contributed by atoms with Crippen LogP contribution in [0.1, 0.15) is 72.9 Å². The fourth-order valence-corrected chi connectivity index (χ4v) is 3.09. The summed E-state index contributed by atoms with van der Waals surface area (Å²) in [6.45, 7) is 15.0. The molecule has 0 amide bonds. The van der Waals surface area contributed by atoms with E-state index in [4.69, 9.17) is 18.9 Å². The van der Waals surface area contributed by atoms with Gasteiger partial charge in [0.2, 0.25) is 0 Å². The predicted molar refractivity (Wildman–Crippen MR) is 123 cm³/mol. The van der Waals surface area contributed by atoms with E-state index in [1.165, 1.54) is 0 Å². The molecule has 0 bridgehead atoms. The van der Waals surface area contributed by atoms with Gasteiger partial charge >= 0.3 is 12.3 Å². The summed E-state index contributed by atoms with van der Waals surface area (Å²) < 4.78 is 20.9. The van der Waals surface area contributed by atoms with Crippen LogP contribution in [0.5, 0.6) is 11.5 Å². The highest BCUT2D eigenvalue weighted by molar-refractivity contribution is 5.65. The van der Waals surface area contributed by atoms with Crippen molar-refractivity contribution < 1.29 is 28.5 Å². The lowest BCUT2D eigenvalue weighted by Crippen LogP contribution is -2.26. The molecule has 0 aliphatic heterocycles. The van der Waals surface area contributed by atoms with Gasteiger partial charge in [-0.1, -0.05) is 38.1 Å². The third-order valence-corrected chi connectivity index (χ3v) is 4.87. The van der Waals surface area contributed by atoms with Crippen molar-refractivity contribution in [2.24, 2.45) is 0 Å². The molecule has 2 rings (SSSR count). The molecule has 0 saturated carbocycles. The van der Waals surface area contributed by atoms with Crippen LogP contribution in [-0.4, -0.2) is 23.5 Å². The molecule has 2 aromatic rings. The summed E-state index contributed by atoms with van der Waals surface area (Å²) in [6.07, 6.45) is -0.626. The molecule has 0 fully saturated rings. The topological polar surface area (TPSA) is 71.1 Å². The Labute approximate surface area is 190 Å². The van der Waals surface area contributed by atoms with Crippen LogP contribution >= 0.6 is 0 Å². The van der Waals surface area contributed by atoms with Gasteiger partial charge in [0.1, 0.15) is 22.7 Å². The van der Waals surface area contributed by atoms with Crippen molar-refractivity contribution in [1.29, 1.82) is 0 Å². The van der Waals surface area contributed by atoms with Crippen LogP contribution in [0.2, 0.25) is 0 Å². The SMILES string of the molecule is CCC(C)(c1ccc(OC(=O)OC(C)(C)C)cc1)c1ccc(OC(=O)OC(C)(C)C)cc1. The lowest BCUT2D eigenvalue weighted by molar-refractivity contribution is 0.0193. The maximum absolute atomic E-state index is 11.9. The molecule has 6 heteroatoms. The molecule has 0 aliphatic carbocycles. The van der Waals surface area contributed by atoms with E-state index in [1.54, 1.807) is 65.8 Å². The summed E-state index contributed by atoms with van der Waals surface area (Å²) in [7, 11) is 0. The van der Waals surface area contributed by atoms with Gasteiger partial charge in [0.05, 0.1) is 0 Å². The van der Waals surface area contributed by atoms with E-state index < -0.39 is 23.5 Å². The predicted octanol–water partition coefficient (Wildman–Crippen LogP) is 7.03. The van der Waals surface area contributed by atoms with Crippen molar-refractivity contribution in [2.45, 2.75) is 78.4 Å². The maximum Gasteiger partial charge on any atom is 0.514 e. The monoisotopic (exact) mass is 442 g/mol. The Hall–Kier alpha value is -3.02. The number of hydrogen-bond acceptors (Lipinski definition) is 6. The van der Waals surface area contributed by atoms with E-state index in [0.29, 0.717) is 11.5 Å². The molecule has 0 radical (unpaired) electrons. The number of benzene rings is 2. The minimum atomic E-state index is -0.732. The van der Waals surface area contributed by atoms with E-state index in [0.717, 1.165) is 17.5 Å². The van der Waals surface area contributed by atoms with Crippen molar-refractivity contribution in [2.75, 3.05) is 0 Å². The Morgan fingerprint density at radius 1 is 0.625 bits per heavy atom. The largest absolute Gasteiger partial charge is 0.514 e. The molecular weight excluding hydrogens is 408 g/mol. The Balaban J connectivity index is 2.14. The first-order chi connectivity index (χ1) is 14.7. The average molecular weight is 443 g/mol. The number of carbonyl (C=O) groups is 2. The second-order valence-electron chi connectivity index (χ2n) is 9.87. The minimum absolute atomic E-state index is 0.283. The molecule has 0 heterocycles. The molecule has 0 N–H and O–H groups in total. The Morgan fingerprint density at radius 2 is 0.938 bits per heavy atom. The van der Waals surface area contributed by atoms with E-state index in [9.17, 15) is 9.59 Å². The summed E-state index contributed by atoms with van der Waals surface area (Å²) >= 11 is 0. The fourth-order valence-electron chi connectivity index (χ4n) is 3.09. The van der Waals surface area contributed by atoms with Gasteiger partial charge in [-0.05, 0) is 83.4 Å². The molecule has 0 aromatic heterocycles. The third-order valence-electron chi connectivity index (χ3n) is 4.87. The zero-order valence-corrected chi connectivity index (χ0v) is 20.3. The molecule has 0 aliphatic rings. The Kier molecular flexibility index (Phi) is 7.60. The maximum atomic E-state index is 11.9. The van der Waals surface area contributed by atoms with Gasteiger partial charge in [0, 0.05) is 5.41 Å². The zero-order valence-electron chi connectivity index (χ0n) is 20.3. The first-order valence-electron chi connectivity index (χ1n) is 10.7. The van der Waals surface area contributed by atoms with E-state index in [2.05, 4.69) is 13.8 Å². The van der Waals surface area contributed by atoms with Gasteiger partial charge < -0.3 is 18.9 Å². The summed E-state index contributed by atoms with van der Waals surface area (Å²) in [5, 5.41) is 0. The second kappa shape index (κ2) is 9.63. The standard InChI is InChI=1S/C26H34O6/c1-9-26(8,18-10-14-20(15-11-18)29-22(27)31-24(2,3)4)19-12-16-21(17-13-19)30-23(28)32-25(5,6)7/h10-17H,9H2,1-8H3. The van der Waals surface area contributed by atoms with Crippen LogP contribution in [0.4, 0.5) is 9.59 Å². The molecule has 174 valence electrons. The summed E-state index contributed by atoms with van der Waals surface area (Å²) in [4.78, 5) is 23.8. The van der Waals surface area contributed by atoms with Crippen molar-refractivity contribution in [3.63, 3.8) is 0 Å². The fraction of sp³-hybridized carbons (Fsp3) is 0.462. The molecule has 0 unspecified atom stereocenters. The lowest BCUT2D eigenvalue weighted by atomic mass is 9.74. The molecule has 32 heavy (non-hydrogen) atoms. The molecule has 0 atom stereocenters. The van der Waals surface area contributed by atoms with Crippen molar-refractivity contribution in [1.82, 2.24) is 0 Å². The average Bonchev–Trinajstić information content (AvgIpc) is 2.65. The summed E-state index contributed by atoms with van der Waals surface area (Å²) in [5.74, 6) is 0.838. The highest BCUT2D eigenvalue weighted by Crippen LogP contribution is 2.36. The van der Waals surface area contributed by atoms with Crippen LogP contribution in [0.15, 0.2) is 48.5 Å². The Morgan fingerprint density at radius 3 is 1.19 bits per heavy atom. The number of rotatable bonds is 5. The van der Waals surface area contributed by atoms with Gasteiger partial charge in [0.25, 0.3) is 0 Å². The van der Waals surface area contributed by atoms with Gasteiger partial charge in [-0.2, -0.15) is 0 Å². The molecule has 0 saturated heterocycles. The minimum Gasteiger partial charge on any atom is -0.428 e. The van der Waals surface area contributed by atoms with Gasteiger partial charge in [0.15, 0.2) is 0 Å². The highest BCUT2D eigenvalue weighted by Gasteiger charge is 2.27. The lowest BCUT2D eigenvalue weighted by Gasteiger charge is -2.30. The van der Waals surface area contributed by atoms with Crippen LogP contribution < -0.4 is 9.47 Å². The molecule has 6 nitrogen and oxygen atoms in total. The van der Waals surface area contributed by atoms with Gasteiger partial charge in [-0.25, -0.2) is 9.59 Å². The highest BCUT2D eigenvalue weighted by atomic mass is 16.7. The molecular formula is C26H34O6. The van der Waals surface area contributed by atoms with Crippen LogP contribution in [0.3, 0.4) is 0 Å². The first kappa shape index (κ1) is 25.2. The van der Waals surface area contributed by atoms with Crippen LogP contribution in [-0.2, 0) is 14.9 Å². The zero-order chi connectivity index (χ0) is 24.2.